The van der Waals surface area contributed by atoms with Gasteiger partial charge in [-0.1, -0.05) is 24.6 Å². The molecule has 2 atom stereocenters. The molecule has 1 aliphatic heterocycles. The molecular formula is C21H27N3O3. The first kappa shape index (κ1) is 18.0. The molecular weight excluding hydrogens is 342 g/mol. The van der Waals surface area contributed by atoms with Crippen molar-refractivity contribution in [2.24, 2.45) is 5.41 Å². The van der Waals surface area contributed by atoms with E-state index in [9.17, 15) is 9.59 Å². The van der Waals surface area contributed by atoms with E-state index in [-0.39, 0.29) is 23.3 Å². The van der Waals surface area contributed by atoms with Crippen LogP contribution in [0.2, 0.25) is 0 Å². The molecule has 2 amide bonds. The van der Waals surface area contributed by atoms with Crippen molar-refractivity contribution in [2.45, 2.75) is 38.1 Å². The average molecular weight is 369 g/mol. The highest BCUT2D eigenvalue weighted by Gasteiger charge is 2.50. The van der Waals surface area contributed by atoms with E-state index >= 15 is 0 Å². The lowest BCUT2D eigenvalue weighted by atomic mass is 9.74. The number of hydrogen-bond donors (Lipinski definition) is 2. The minimum Gasteiger partial charge on any atom is -0.383 e. The van der Waals surface area contributed by atoms with Crippen molar-refractivity contribution in [3.05, 3.63) is 36.0 Å². The number of para-hydroxylation sites is 1. The highest BCUT2D eigenvalue weighted by molar-refractivity contribution is 6.06. The maximum atomic E-state index is 12.8. The summed E-state index contributed by atoms with van der Waals surface area (Å²) in [7, 11) is 1.66. The van der Waals surface area contributed by atoms with Gasteiger partial charge in [0.2, 0.25) is 5.91 Å². The topological polar surface area (TPSA) is 74.4 Å². The van der Waals surface area contributed by atoms with Crippen LogP contribution in [-0.4, -0.2) is 54.5 Å². The van der Waals surface area contributed by atoms with E-state index < -0.39 is 0 Å². The van der Waals surface area contributed by atoms with Crippen molar-refractivity contribution in [1.82, 2.24) is 15.2 Å². The van der Waals surface area contributed by atoms with Gasteiger partial charge in [0, 0.05) is 55.2 Å². The highest BCUT2D eigenvalue weighted by Crippen LogP contribution is 2.47. The molecule has 6 heteroatoms. The van der Waals surface area contributed by atoms with Crippen LogP contribution in [-0.2, 0) is 9.53 Å². The molecule has 0 bridgehead atoms. The van der Waals surface area contributed by atoms with Gasteiger partial charge in [-0.05, 0) is 25.3 Å². The van der Waals surface area contributed by atoms with Gasteiger partial charge in [-0.2, -0.15) is 0 Å². The van der Waals surface area contributed by atoms with E-state index in [4.69, 9.17) is 4.74 Å². The number of benzene rings is 1. The number of hydrogen-bond acceptors (Lipinski definition) is 3. The third-order valence-corrected chi connectivity index (χ3v) is 6.36. The second kappa shape index (κ2) is 7.35. The second-order valence-corrected chi connectivity index (χ2v) is 7.78. The Balaban J connectivity index is 1.49. The molecule has 27 heavy (non-hydrogen) atoms. The Morgan fingerprint density at radius 2 is 2.22 bits per heavy atom. The van der Waals surface area contributed by atoms with E-state index in [1.807, 2.05) is 29.2 Å². The van der Waals surface area contributed by atoms with Gasteiger partial charge in [-0.25, -0.2) is 0 Å². The van der Waals surface area contributed by atoms with Gasteiger partial charge in [0.25, 0.3) is 5.91 Å². The fraction of sp³-hybridized carbons (Fsp3) is 0.524. The number of methoxy groups -OCH3 is 1. The smallest absolute Gasteiger partial charge is 0.253 e. The van der Waals surface area contributed by atoms with E-state index in [1.165, 1.54) is 0 Å². The van der Waals surface area contributed by atoms with Crippen LogP contribution in [0.25, 0.3) is 10.9 Å². The number of amides is 2. The maximum Gasteiger partial charge on any atom is 0.253 e. The molecule has 1 saturated heterocycles. The van der Waals surface area contributed by atoms with Gasteiger partial charge < -0.3 is 19.9 Å². The number of piperidine rings is 1. The number of fused-ring (bicyclic) bond motifs is 2. The van der Waals surface area contributed by atoms with Crippen molar-refractivity contribution in [2.75, 3.05) is 26.8 Å². The summed E-state index contributed by atoms with van der Waals surface area (Å²) < 4.78 is 5.20. The highest BCUT2D eigenvalue weighted by atomic mass is 16.5. The molecule has 1 saturated carbocycles. The predicted molar refractivity (Wildman–Crippen MR) is 104 cm³/mol. The van der Waals surface area contributed by atoms with Crippen molar-refractivity contribution in [1.29, 1.82) is 0 Å². The van der Waals surface area contributed by atoms with Crippen LogP contribution in [0.5, 0.6) is 0 Å². The van der Waals surface area contributed by atoms with Gasteiger partial charge >= 0.3 is 0 Å². The third kappa shape index (κ3) is 3.23. The van der Waals surface area contributed by atoms with Crippen LogP contribution in [0.3, 0.4) is 0 Å². The molecule has 2 N–H and O–H groups in total. The van der Waals surface area contributed by atoms with Gasteiger partial charge in [0.05, 0.1) is 12.2 Å². The first-order valence-corrected chi connectivity index (χ1v) is 9.77. The van der Waals surface area contributed by atoms with E-state index in [0.717, 1.165) is 36.6 Å². The first-order chi connectivity index (χ1) is 13.1. The number of nitrogens with one attached hydrogen (secondary N) is 2. The van der Waals surface area contributed by atoms with Gasteiger partial charge in [0.15, 0.2) is 0 Å². The largest absolute Gasteiger partial charge is 0.383 e. The summed E-state index contributed by atoms with van der Waals surface area (Å²) in [5, 5.41) is 4.11. The normalized spacial score (nSPS) is 25.0. The Morgan fingerprint density at radius 1 is 1.37 bits per heavy atom. The van der Waals surface area contributed by atoms with E-state index in [0.29, 0.717) is 31.7 Å². The molecule has 0 spiro atoms. The molecule has 2 fully saturated rings. The fourth-order valence-corrected chi connectivity index (χ4v) is 4.95. The predicted octanol–water partition coefficient (Wildman–Crippen LogP) is 2.71. The van der Waals surface area contributed by atoms with Crippen molar-refractivity contribution >= 4 is 22.7 Å². The number of carbonyl (C=O) groups excluding carboxylic acids is 2. The van der Waals surface area contributed by atoms with Gasteiger partial charge in [-0.15, -0.1) is 0 Å². The van der Waals surface area contributed by atoms with Gasteiger partial charge in [-0.3, -0.25) is 9.59 Å². The number of aromatic nitrogens is 1. The monoisotopic (exact) mass is 369 g/mol. The molecule has 2 aliphatic rings. The molecule has 1 aromatic heterocycles. The van der Waals surface area contributed by atoms with Crippen LogP contribution in [0, 0.1) is 5.41 Å². The minimum absolute atomic E-state index is 0.0105. The molecule has 6 nitrogen and oxygen atoms in total. The number of aromatic amines is 1. The van der Waals surface area contributed by atoms with Crippen LogP contribution < -0.4 is 5.32 Å². The van der Waals surface area contributed by atoms with E-state index in [1.54, 1.807) is 13.3 Å². The Bertz CT molecular complexity index is 846. The summed E-state index contributed by atoms with van der Waals surface area (Å²) in [6.45, 7) is 1.81. The molecule has 2 aromatic rings. The minimum atomic E-state index is -0.0483. The van der Waals surface area contributed by atoms with Crippen molar-refractivity contribution in [3.63, 3.8) is 0 Å². The Morgan fingerprint density at radius 3 is 3.07 bits per heavy atom. The summed E-state index contributed by atoms with van der Waals surface area (Å²) in [5.41, 5.74) is 1.64. The molecule has 4 rings (SSSR count). The summed E-state index contributed by atoms with van der Waals surface area (Å²) in [6, 6.07) is 8.04. The molecule has 0 unspecified atom stereocenters. The lowest BCUT2D eigenvalue weighted by Gasteiger charge is -2.46. The van der Waals surface area contributed by atoms with Crippen molar-refractivity contribution in [3.8, 4) is 0 Å². The number of carbonyl (C=O) groups is 2. The fourth-order valence-electron chi connectivity index (χ4n) is 4.95. The van der Waals surface area contributed by atoms with Crippen LogP contribution >= 0.6 is 0 Å². The van der Waals surface area contributed by atoms with Crippen molar-refractivity contribution < 1.29 is 14.3 Å². The van der Waals surface area contributed by atoms with E-state index in [2.05, 4.69) is 10.3 Å². The molecule has 0 radical (unpaired) electrons. The maximum absolute atomic E-state index is 12.8. The SMILES string of the molecule is COCCN1C(=O)CC[C@]2(CNC(=O)c3c[nH]c4ccccc34)CCC[C@@H]12. The number of nitrogens with zero attached hydrogens (tertiary/aromatic N) is 1. The summed E-state index contributed by atoms with van der Waals surface area (Å²) in [5.74, 6) is 0.172. The Kier molecular flexibility index (Phi) is 4.91. The first-order valence-electron chi connectivity index (χ1n) is 9.77. The number of ether oxygens (including phenoxy) is 1. The van der Waals surface area contributed by atoms with Gasteiger partial charge in [0.1, 0.15) is 0 Å². The molecule has 2 heterocycles. The lowest BCUT2D eigenvalue weighted by molar-refractivity contribution is -0.142. The van der Waals surface area contributed by atoms with Crippen LogP contribution in [0.1, 0.15) is 42.5 Å². The number of H-pyrrole nitrogens is 1. The summed E-state index contributed by atoms with van der Waals surface area (Å²) in [4.78, 5) is 30.4. The lowest BCUT2D eigenvalue weighted by Crippen LogP contribution is -2.56. The Labute approximate surface area is 159 Å². The summed E-state index contributed by atoms with van der Waals surface area (Å²) in [6.07, 6.45) is 6.36. The zero-order chi connectivity index (χ0) is 18.9. The summed E-state index contributed by atoms with van der Waals surface area (Å²) >= 11 is 0. The van der Waals surface area contributed by atoms with Crippen LogP contribution in [0.15, 0.2) is 30.5 Å². The second-order valence-electron chi connectivity index (χ2n) is 7.78. The molecule has 144 valence electrons. The molecule has 1 aliphatic carbocycles. The number of likely N-dealkylation sites (tertiary alicyclic amines) is 1. The quantitative estimate of drug-likeness (QED) is 0.822. The standard InChI is InChI=1S/C21H27N3O3/c1-27-12-11-24-18-7-4-9-21(18,10-8-19(24)25)14-23-20(26)16-13-22-17-6-3-2-5-15(16)17/h2-3,5-6,13,18,22H,4,7-12,14H2,1H3,(H,23,26)/t18-,21+/m1/s1. The average Bonchev–Trinajstić information content (AvgIpc) is 3.30. The molecule has 1 aromatic carbocycles. The zero-order valence-corrected chi connectivity index (χ0v) is 15.8. The number of rotatable bonds is 6. The third-order valence-electron chi connectivity index (χ3n) is 6.36. The Hall–Kier alpha value is -2.34. The zero-order valence-electron chi connectivity index (χ0n) is 15.8. The van der Waals surface area contributed by atoms with Crippen LogP contribution in [0.4, 0.5) is 0 Å².